The zero-order valence-corrected chi connectivity index (χ0v) is 12.5. The van der Waals surface area contributed by atoms with Crippen LogP contribution in [-0.4, -0.2) is 21.1 Å². The number of benzene rings is 1. The predicted octanol–water partition coefficient (Wildman–Crippen LogP) is 3.04. The highest BCUT2D eigenvalue weighted by molar-refractivity contribution is 5.82. The summed E-state index contributed by atoms with van der Waals surface area (Å²) in [4.78, 5) is 14.8. The van der Waals surface area contributed by atoms with E-state index in [0.29, 0.717) is 17.5 Å². The lowest BCUT2D eigenvalue weighted by molar-refractivity contribution is 0.112. The minimum absolute atomic E-state index is 0.0154. The van der Waals surface area contributed by atoms with Gasteiger partial charge in [-0.3, -0.25) is 4.79 Å². The van der Waals surface area contributed by atoms with Gasteiger partial charge in [-0.2, -0.15) is 5.10 Å². The van der Waals surface area contributed by atoms with Gasteiger partial charge >= 0.3 is 0 Å². The van der Waals surface area contributed by atoms with Gasteiger partial charge in [-0.1, -0.05) is 6.07 Å². The fourth-order valence-electron chi connectivity index (χ4n) is 2.14. The molecule has 0 unspecified atom stereocenters. The Balaban J connectivity index is 1.95. The first-order chi connectivity index (χ1) is 11.5. The molecule has 0 saturated carbocycles. The first-order valence-corrected chi connectivity index (χ1v) is 6.89. The third kappa shape index (κ3) is 2.69. The van der Waals surface area contributed by atoms with Gasteiger partial charge in [0.2, 0.25) is 11.6 Å². The fourth-order valence-corrected chi connectivity index (χ4v) is 2.14. The SMILES string of the molecule is Cc1cc(Oc2c(F)cccc2F)ncc1-n1ncc(C=O)c1N. The van der Waals surface area contributed by atoms with Crippen molar-refractivity contribution in [1.82, 2.24) is 14.8 Å². The normalized spacial score (nSPS) is 10.6. The number of aryl methyl sites for hydroxylation is 1. The van der Waals surface area contributed by atoms with Crippen LogP contribution in [0.2, 0.25) is 0 Å². The van der Waals surface area contributed by atoms with Gasteiger partial charge in [0, 0.05) is 6.07 Å². The lowest BCUT2D eigenvalue weighted by Crippen LogP contribution is -2.06. The smallest absolute Gasteiger partial charge is 0.219 e. The van der Waals surface area contributed by atoms with Gasteiger partial charge in [0.15, 0.2) is 17.9 Å². The molecule has 0 amide bonds. The third-order valence-corrected chi connectivity index (χ3v) is 3.38. The number of ether oxygens (including phenoxy) is 1. The molecule has 0 bridgehead atoms. The van der Waals surface area contributed by atoms with Gasteiger partial charge in [0.1, 0.15) is 5.82 Å². The van der Waals surface area contributed by atoms with Crippen LogP contribution in [0.15, 0.2) is 36.7 Å². The van der Waals surface area contributed by atoms with E-state index in [1.54, 1.807) is 6.92 Å². The number of pyridine rings is 1. The van der Waals surface area contributed by atoms with E-state index in [4.69, 9.17) is 10.5 Å². The second-order valence-electron chi connectivity index (χ2n) is 4.98. The second-order valence-corrected chi connectivity index (χ2v) is 4.98. The van der Waals surface area contributed by atoms with E-state index in [-0.39, 0.29) is 17.3 Å². The van der Waals surface area contributed by atoms with E-state index in [1.165, 1.54) is 29.2 Å². The standard InChI is InChI=1S/C16H12F2N4O2/c1-9-5-14(24-15-11(17)3-2-4-12(15)18)20-7-13(9)22-16(19)10(8-23)6-21-22/h2-8H,19H2,1H3. The predicted molar refractivity (Wildman–Crippen MR) is 82.3 cm³/mol. The van der Waals surface area contributed by atoms with Gasteiger partial charge in [0.25, 0.3) is 0 Å². The van der Waals surface area contributed by atoms with E-state index in [2.05, 4.69) is 10.1 Å². The molecule has 0 atom stereocenters. The number of anilines is 1. The molecule has 122 valence electrons. The van der Waals surface area contributed by atoms with Crippen molar-refractivity contribution >= 4 is 12.1 Å². The van der Waals surface area contributed by atoms with Crippen molar-refractivity contribution in [3.63, 3.8) is 0 Å². The van der Waals surface area contributed by atoms with Gasteiger partial charge in [-0.15, -0.1) is 0 Å². The topological polar surface area (TPSA) is 83.0 Å². The van der Waals surface area contributed by atoms with Crippen molar-refractivity contribution in [2.75, 3.05) is 5.73 Å². The molecule has 1 aromatic carbocycles. The summed E-state index contributed by atoms with van der Waals surface area (Å²) >= 11 is 0. The maximum absolute atomic E-state index is 13.6. The molecule has 2 aromatic heterocycles. The number of nitrogen functional groups attached to an aromatic ring is 1. The molecule has 24 heavy (non-hydrogen) atoms. The maximum Gasteiger partial charge on any atom is 0.219 e. The lowest BCUT2D eigenvalue weighted by Gasteiger charge is -2.11. The first-order valence-electron chi connectivity index (χ1n) is 6.89. The number of nitrogens with zero attached hydrogens (tertiary/aromatic N) is 3. The Hall–Kier alpha value is -3.29. The second kappa shape index (κ2) is 6.07. The number of aldehydes is 1. The van der Waals surface area contributed by atoms with E-state index < -0.39 is 17.4 Å². The average Bonchev–Trinajstić information content (AvgIpc) is 2.92. The summed E-state index contributed by atoms with van der Waals surface area (Å²) in [5.74, 6) is -2.00. The first kappa shape index (κ1) is 15.6. The van der Waals surface area contributed by atoms with E-state index >= 15 is 0 Å². The molecule has 6 nitrogen and oxygen atoms in total. The summed E-state index contributed by atoms with van der Waals surface area (Å²) in [6.07, 6.45) is 3.32. The molecule has 2 heterocycles. The summed E-state index contributed by atoms with van der Waals surface area (Å²) < 4.78 is 33.8. The van der Waals surface area contributed by atoms with Crippen molar-refractivity contribution < 1.29 is 18.3 Å². The van der Waals surface area contributed by atoms with Crippen LogP contribution >= 0.6 is 0 Å². The molecule has 8 heteroatoms. The van der Waals surface area contributed by atoms with Gasteiger partial charge in [-0.05, 0) is 24.6 Å². The number of carbonyl (C=O) groups excluding carboxylic acids is 1. The number of para-hydroxylation sites is 1. The highest BCUT2D eigenvalue weighted by Crippen LogP contribution is 2.28. The molecule has 3 aromatic rings. The minimum Gasteiger partial charge on any atom is -0.433 e. The maximum atomic E-state index is 13.6. The quantitative estimate of drug-likeness (QED) is 0.743. The van der Waals surface area contributed by atoms with Crippen LogP contribution < -0.4 is 10.5 Å². The molecule has 0 aliphatic heterocycles. The molecular weight excluding hydrogens is 318 g/mol. The van der Waals surface area contributed by atoms with Crippen molar-refractivity contribution in [1.29, 1.82) is 0 Å². The summed E-state index contributed by atoms with van der Waals surface area (Å²) in [7, 11) is 0. The fraction of sp³-hybridized carbons (Fsp3) is 0.0625. The molecule has 0 saturated heterocycles. The van der Waals surface area contributed by atoms with E-state index in [0.717, 1.165) is 12.1 Å². The number of carbonyl (C=O) groups is 1. The number of aromatic nitrogens is 3. The number of halogens is 2. The zero-order valence-electron chi connectivity index (χ0n) is 12.5. The van der Waals surface area contributed by atoms with Crippen LogP contribution in [0.4, 0.5) is 14.6 Å². The Morgan fingerprint density at radius 3 is 2.54 bits per heavy atom. The van der Waals surface area contributed by atoms with Crippen LogP contribution in [0.1, 0.15) is 15.9 Å². The number of nitrogens with two attached hydrogens (primary N) is 1. The van der Waals surface area contributed by atoms with Crippen molar-refractivity contribution in [2.24, 2.45) is 0 Å². The highest BCUT2D eigenvalue weighted by atomic mass is 19.1. The van der Waals surface area contributed by atoms with Crippen molar-refractivity contribution in [3.05, 3.63) is 59.4 Å². The highest BCUT2D eigenvalue weighted by Gasteiger charge is 2.14. The Morgan fingerprint density at radius 1 is 1.25 bits per heavy atom. The van der Waals surface area contributed by atoms with Crippen LogP contribution in [0.3, 0.4) is 0 Å². The largest absolute Gasteiger partial charge is 0.433 e. The Labute approximate surface area is 135 Å². The summed E-state index contributed by atoms with van der Waals surface area (Å²) in [5.41, 5.74) is 7.24. The lowest BCUT2D eigenvalue weighted by atomic mass is 10.2. The molecule has 0 aliphatic carbocycles. The van der Waals surface area contributed by atoms with Crippen LogP contribution in [-0.2, 0) is 0 Å². The summed E-state index contributed by atoms with van der Waals surface area (Å²) in [5, 5.41) is 4.02. The van der Waals surface area contributed by atoms with Crippen molar-refractivity contribution in [2.45, 2.75) is 6.92 Å². The van der Waals surface area contributed by atoms with Crippen LogP contribution in [0.5, 0.6) is 11.6 Å². The van der Waals surface area contributed by atoms with E-state index in [1.807, 2.05) is 0 Å². The number of hydrogen-bond acceptors (Lipinski definition) is 5. The average molecular weight is 330 g/mol. The zero-order chi connectivity index (χ0) is 17.3. The Morgan fingerprint density at radius 2 is 1.96 bits per heavy atom. The van der Waals surface area contributed by atoms with Gasteiger partial charge in [0.05, 0.1) is 23.6 Å². The molecule has 2 N–H and O–H groups in total. The summed E-state index contributed by atoms with van der Waals surface area (Å²) in [6.45, 7) is 1.73. The Kier molecular flexibility index (Phi) is 3.95. The number of rotatable bonds is 4. The Bertz CT molecular complexity index is 904. The number of hydrogen-bond donors (Lipinski definition) is 1. The molecule has 0 spiro atoms. The molecular formula is C16H12F2N4O2. The summed E-state index contributed by atoms with van der Waals surface area (Å²) in [6, 6.07) is 4.91. The monoisotopic (exact) mass is 330 g/mol. The molecule has 0 fully saturated rings. The minimum atomic E-state index is -0.828. The third-order valence-electron chi connectivity index (χ3n) is 3.38. The van der Waals surface area contributed by atoms with Gasteiger partial charge in [-0.25, -0.2) is 18.4 Å². The van der Waals surface area contributed by atoms with E-state index in [9.17, 15) is 13.6 Å². The van der Waals surface area contributed by atoms with Crippen LogP contribution in [0, 0.1) is 18.6 Å². The van der Waals surface area contributed by atoms with Crippen LogP contribution in [0.25, 0.3) is 5.69 Å². The molecule has 0 aliphatic rings. The molecule has 0 radical (unpaired) electrons. The van der Waals surface area contributed by atoms with Gasteiger partial charge < -0.3 is 10.5 Å². The van der Waals surface area contributed by atoms with Crippen molar-refractivity contribution in [3.8, 4) is 17.3 Å². The molecule has 3 rings (SSSR count).